The summed E-state index contributed by atoms with van der Waals surface area (Å²) in [5.74, 6) is 0.942. The number of likely N-dealkylation sites (tertiary alicyclic amines) is 1. The highest BCUT2D eigenvalue weighted by Crippen LogP contribution is 2.42. The minimum Gasteiger partial charge on any atom is -0.385 e. The standard InChI is InChI=1S/C19H23FN4O3/c1-26-11-7-19(18-22-16(27-23-18)13-2-3-13)5-9-24(10-6-19)17(25)14-4-8-21-12-15(14)20/h4,8,12-13H,2-3,5-7,9-11H2,1H3. The molecule has 0 aromatic carbocycles. The van der Waals surface area contributed by atoms with Gasteiger partial charge in [-0.25, -0.2) is 4.39 Å². The lowest BCUT2D eigenvalue weighted by Gasteiger charge is -2.39. The summed E-state index contributed by atoms with van der Waals surface area (Å²) < 4.78 is 24.7. The van der Waals surface area contributed by atoms with Crippen molar-refractivity contribution < 1.29 is 18.4 Å². The monoisotopic (exact) mass is 374 g/mol. The van der Waals surface area contributed by atoms with Gasteiger partial charge in [0.05, 0.1) is 11.8 Å². The van der Waals surface area contributed by atoms with Crippen LogP contribution in [0, 0.1) is 5.82 Å². The van der Waals surface area contributed by atoms with E-state index in [1.54, 1.807) is 12.0 Å². The molecular formula is C19H23FN4O3. The van der Waals surface area contributed by atoms with Crippen LogP contribution in [0.25, 0.3) is 0 Å². The van der Waals surface area contributed by atoms with E-state index in [1.165, 1.54) is 12.3 Å². The second-order valence-electron chi connectivity index (χ2n) is 7.40. The maximum Gasteiger partial charge on any atom is 0.256 e. The number of hydrogen-bond acceptors (Lipinski definition) is 6. The molecule has 0 N–H and O–H groups in total. The molecule has 1 amide bonds. The van der Waals surface area contributed by atoms with Crippen LogP contribution >= 0.6 is 0 Å². The Bertz CT molecular complexity index is 813. The molecule has 3 heterocycles. The van der Waals surface area contributed by atoms with Gasteiger partial charge in [0.15, 0.2) is 11.6 Å². The first kappa shape index (κ1) is 18.0. The van der Waals surface area contributed by atoms with E-state index in [9.17, 15) is 9.18 Å². The molecule has 0 radical (unpaired) electrons. The van der Waals surface area contributed by atoms with Crippen LogP contribution in [0.1, 0.15) is 60.1 Å². The van der Waals surface area contributed by atoms with Gasteiger partial charge in [-0.15, -0.1) is 0 Å². The normalized spacial score (nSPS) is 19.3. The minimum atomic E-state index is -0.592. The maximum atomic E-state index is 13.9. The number of amides is 1. The molecule has 8 heteroatoms. The highest BCUT2D eigenvalue weighted by molar-refractivity contribution is 5.94. The Labute approximate surface area is 156 Å². The van der Waals surface area contributed by atoms with Gasteiger partial charge in [0.2, 0.25) is 5.89 Å². The van der Waals surface area contributed by atoms with Crippen molar-refractivity contribution in [1.82, 2.24) is 20.0 Å². The van der Waals surface area contributed by atoms with Gasteiger partial charge in [0.1, 0.15) is 0 Å². The summed E-state index contributed by atoms with van der Waals surface area (Å²) in [6.07, 6.45) is 6.86. The SMILES string of the molecule is COCCC1(c2noc(C3CC3)n2)CCN(C(=O)c2ccncc2F)CC1. The lowest BCUT2D eigenvalue weighted by atomic mass is 9.75. The number of carbonyl (C=O) groups excluding carboxylic acids is 1. The molecule has 0 bridgehead atoms. The molecule has 7 nitrogen and oxygen atoms in total. The molecule has 2 aromatic heterocycles. The van der Waals surface area contributed by atoms with Gasteiger partial charge >= 0.3 is 0 Å². The van der Waals surface area contributed by atoms with Gasteiger partial charge in [-0.1, -0.05) is 5.16 Å². The van der Waals surface area contributed by atoms with Crippen LogP contribution in [0.3, 0.4) is 0 Å². The first-order valence-electron chi connectivity index (χ1n) is 9.35. The summed E-state index contributed by atoms with van der Waals surface area (Å²) in [5.41, 5.74) is -0.217. The van der Waals surface area contributed by atoms with E-state index in [2.05, 4.69) is 15.1 Å². The number of rotatable bonds is 6. The Morgan fingerprint density at radius 1 is 1.41 bits per heavy atom. The first-order chi connectivity index (χ1) is 13.1. The smallest absolute Gasteiger partial charge is 0.256 e. The first-order valence-corrected chi connectivity index (χ1v) is 9.35. The average Bonchev–Trinajstić information content (AvgIpc) is 3.43. The fourth-order valence-electron chi connectivity index (χ4n) is 3.69. The van der Waals surface area contributed by atoms with E-state index < -0.39 is 5.82 Å². The molecule has 1 aliphatic heterocycles. The molecule has 2 aliphatic rings. The van der Waals surface area contributed by atoms with Crippen LogP contribution in [0.5, 0.6) is 0 Å². The zero-order valence-electron chi connectivity index (χ0n) is 15.4. The Morgan fingerprint density at radius 2 is 2.19 bits per heavy atom. The minimum absolute atomic E-state index is 0.0602. The molecule has 1 saturated heterocycles. The summed E-state index contributed by atoms with van der Waals surface area (Å²) >= 11 is 0. The van der Waals surface area contributed by atoms with Crippen molar-refractivity contribution in [3.63, 3.8) is 0 Å². The number of carbonyl (C=O) groups is 1. The third-order valence-electron chi connectivity index (χ3n) is 5.64. The predicted octanol–water partition coefficient (Wildman–Crippen LogP) is 2.69. The van der Waals surface area contributed by atoms with Gasteiger partial charge in [-0.2, -0.15) is 4.98 Å². The van der Waals surface area contributed by atoms with Crippen molar-refractivity contribution in [1.29, 1.82) is 0 Å². The Hall–Kier alpha value is -2.35. The van der Waals surface area contributed by atoms with Crippen molar-refractivity contribution in [3.8, 4) is 0 Å². The molecule has 27 heavy (non-hydrogen) atoms. The van der Waals surface area contributed by atoms with Gasteiger partial charge in [-0.3, -0.25) is 9.78 Å². The maximum absolute atomic E-state index is 13.9. The second kappa shape index (κ2) is 7.34. The molecule has 2 aromatic rings. The fourth-order valence-corrected chi connectivity index (χ4v) is 3.69. The summed E-state index contributed by atoms with van der Waals surface area (Å²) in [5, 5.41) is 4.25. The highest BCUT2D eigenvalue weighted by Gasteiger charge is 2.42. The van der Waals surface area contributed by atoms with Crippen LogP contribution < -0.4 is 0 Å². The number of nitrogens with zero attached hydrogens (tertiary/aromatic N) is 4. The van der Waals surface area contributed by atoms with Gasteiger partial charge in [0.25, 0.3) is 5.91 Å². The van der Waals surface area contributed by atoms with E-state index in [0.29, 0.717) is 44.3 Å². The summed E-state index contributed by atoms with van der Waals surface area (Å²) in [4.78, 5) is 22.7. The van der Waals surface area contributed by atoms with Gasteiger partial charge in [-0.05, 0) is 38.2 Å². The molecule has 0 spiro atoms. The van der Waals surface area contributed by atoms with E-state index >= 15 is 0 Å². The van der Waals surface area contributed by atoms with Gasteiger partial charge < -0.3 is 14.2 Å². The molecule has 4 rings (SSSR count). The molecule has 1 aliphatic carbocycles. The number of aromatic nitrogens is 3. The third-order valence-corrected chi connectivity index (χ3v) is 5.64. The topological polar surface area (TPSA) is 81.4 Å². The number of hydrogen-bond donors (Lipinski definition) is 0. The van der Waals surface area contributed by atoms with Crippen LogP contribution in [-0.4, -0.2) is 52.7 Å². The molecule has 144 valence electrons. The van der Waals surface area contributed by atoms with Crippen molar-refractivity contribution in [3.05, 3.63) is 41.6 Å². The van der Waals surface area contributed by atoms with E-state index in [4.69, 9.17) is 9.26 Å². The largest absolute Gasteiger partial charge is 0.385 e. The molecule has 2 fully saturated rings. The highest BCUT2D eigenvalue weighted by atomic mass is 19.1. The third kappa shape index (κ3) is 3.58. The average molecular weight is 374 g/mol. The Balaban J connectivity index is 1.50. The van der Waals surface area contributed by atoms with Crippen molar-refractivity contribution >= 4 is 5.91 Å². The fraction of sp³-hybridized carbons (Fsp3) is 0.579. The van der Waals surface area contributed by atoms with Gasteiger partial charge in [0, 0.05) is 44.3 Å². The lowest BCUT2D eigenvalue weighted by molar-refractivity contribution is 0.0611. The van der Waals surface area contributed by atoms with Crippen LogP contribution in [0.4, 0.5) is 4.39 Å². The number of pyridine rings is 1. The van der Waals surface area contributed by atoms with E-state index in [0.717, 1.165) is 31.4 Å². The molecular weight excluding hydrogens is 351 g/mol. The predicted molar refractivity (Wildman–Crippen MR) is 93.8 cm³/mol. The van der Waals surface area contributed by atoms with E-state index in [-0.39, 0.29) is 16.9 Å². The zero-order valence-corrected chi connectivity index (χ0v) is 15.4. The van der Waals surface area contributed by atoms with Crippen molar-refractivity contribution in [2.45, 2.75) is 43.4 Å². The number of ether oxygens (including phenoxy) is 1. The summed E-state index contributed by atoms with van der Waals surface area (Å²) in [6, 6.07) is 1.42. The quantitative estimate of drug-likeness (QED) is 0.773. The zero-order chi connectivity index (χ0) is 18.9. The van der Waals surface area contributed by atoms with Crippen molar-refractivity contribution in [2.24, 2.45) is 0 Å². The second-order valence-corrected chi connectivity index (χ2v) is 7.40. The number of halogens is 1. The Morgan fingerprint density at radius 3 is 2.85 bits per heavy atom. The summed E-state index contributed by atoms with van der Waals surface area (Å²) in [6.45, 7) is 1.61. The molecule has 0 atom stereocenters. The van der Waals surface area contributed by atoms with Crippen LogP contribution in [0.2, 0.25) is 0 Å². The summed E-state index contributed by atoms with van der Waals surface area (Å²) in [7, 11) is 1.67. The van der Waals surface area contributed by atoms with Crippen LogP contribution in [-0.2, 0) is 10.2 Å². The number of piperidine rings is 1. The Kier molecular flexibility index (Phi) is 4.90. The lowest BCUT2D eigenvalue weighted by Crippen LogP contribution is -2.46. The molecule has 0 unspecified atom stereocenters. The van der Waals surface area contributed by atoms with Crippen molar-refractivity contribution in [2.75, 3.05) is 26.8 Å². The molecule has 1 saturated carbocycles. The number of methoxy groups -OCH3 is 1. The van der Waals surface area contributed by atoms with Crippen LogP contribution in [0.15, 0.2) is 23.0 Å². The van der Waals surface area contributed by atoms with E-state index in [1.807, 2.05) is 0 Å².